The molecule has 0 aliphatic carbocycles. The number of carboxylic acid groups (broad SMARTS) is 2. The van der Waals surface area contributed by atoms with Gasteiger partial charge in [-0.2, -0.15) is 5.06 Å². The SMILES string of the molecule is Nc1ccc2nc(C3CC(=O)N(O)C3=O)ccc2c1.O=C(O)O. The summed E-state index contributed by atoms with van der Waals surface area (Å²) in [7, 11) is 0. The summed E-state index contributed by atoms with van der Waals surface area (Å²) < 4.78 is 0. The van der Waals surface area contributed by atoms with E-state index in [0.717, 1.165) is 5.39 Å². The molecule has 1 saturated heterocycles. The van der Waals surface area contributed by atoms with Crippen LogP contribution in [-0.4, -0.2) is 43.4 Å². The molecule has 120 valence electrons. The van der Waals surface area contributed by atoms with Crippen LogP contribution in [0.25, 0.3) is 10.9 Å². The Kier molecular flexibility index (Phi) is 4.42. The van der Waals surface area contributed by atoms with Crippen molar-refractivity contribution in [3.05, 3.63) is 36.0 Å². The van der Waals surface area contributed by atoms with Crippen molar-refractivity contribution in [1.82, 2.24) is 10.0 Å². The van der Waals surface area contributed by atoms with Crippen LogP contribution in [-0.2, 0) is 9.59 Å². The zero-order valence-corrected chi connectivity index (χ0v) is 11.7. The number of nitrogens with zero attached hydrogens (tertiary/aromatic N) is 2. The quantitative estimate of drug-likeness (QED) is 0.348. The second kappa shape index (κ2) is 6.28. The van der Waals surface area contributed by atoms with Crippen LogP contribution >= 0.6 is 0 Å². The topological polar surface area (TPSA) is 154 Å². The first-order chi connectivity index (χ1) is 10.8. The number of rotatable bonds is 1. The molecule has 2 amide bonds. The minimum atomic E-state index is -1.83. The van der Waals surface area contributed by atoms with E-state index < -0.39 is 23.9 Å². The van der Waals surface area contributed by atoms with Gasteiger partial charge < -0.3 is 15.9 Å². The lowest BCUT2D eigenvalue weighted by atomic mass is 10.0. The molecule has 1 aliphatic heterocycles. The fourth-order valence-electron chi connectivity index (χ4n) is 2.20. The Morgan fingerprint density at radius 3 is 2.43 bits per heavy atom. The Balaban J connectivity index is 0.000000433. The highest BCUT2D eigenvalue weighted by Crippen LogP contribution is 2.28. The molecule has 0 radical (unpaired) electrons. The average Bonchev–Trinajstić information content (AvgIpc) is 2.74. The van der Waals surface area contributed by atoms with Gasteiger partial charge in [0.15, 0.2) is 0 Å². The molecule has 0 spiro atoms. The van der Waals surface area contributed by atoms with Crippen LogP contribution in [0, 0.1) is 0 Å². The van der Waals surface area contributed by atoms with Gasteiger partial charge in [0.05, 0.1) is 17.1 Å². The van der Waals surface area contributed by atoms with Crippen molar-refractivity contribution in [1.29, 1.82) is 0 Å². The van der Waals surface area contributed by atoms with E-state index in [1.165, 1.54) is 0 Å². The molecule has 3 rings (SSSR count). The second-order valence-electron chi connectivity index (χ2n) is 4.77. The van der Waals surface area contributed by atoms with Crippen molar-refractivity contribution >= 4 is 34.6 Å². The lowest BCUT2D eigenvalue weighted by molar-refractivity contribution is -0.171. The van der Waals surface area contributed by atoms with Gasteiger partial charge in [0.2, 0.25) is 0 Å². The van der Waals surface area contributed by atoms with Gasteiger partial charge in [-0.3, -0.25) is 19.8 Å². The smallest absolute Gasteiger partial charge is 0.450 e. The fraction of sp³-hybridized carbons (Fsp3) is 0.143. The van der Waals surface area contributed by atoms with E-state index in [4.69, 9.17) is 20.7 Å². The first kappa shape index (κ1) is 16.2. The summed E-state index contributed by atoms with van der Waals surface area (Å²) in [6, 6.07) is 8.74. The highest BCUT2D eigenvalue weighted by Gasteiger charge is 2.39. The summed E-state index contributed by atoms with van der Waals surface area (Å²) in [6.07, 6.45) is -1.89. The molecule has 2 aromatic rings. The van der Waals surface area contributed by atoms with E-state index >= 15 is 0 Å². The molecule has 1 aromatic heterocycles. The molecule has 1 atom stereocenters. The summed E-state index contributed by atoms with van der Waals surface area (Å²) >= 11 is 0. The van der Waals surface area contributed by atoms with E-state index in [1.54, 1.807) is 30.3 Å². The minimum Gasteiger partial charge on any atom is -0.450 e. The predicted molar refractivity (Wildman–Crippen MR) is 77.8 cm³/mol. The number of imide groups is 1. The monoisotopic (exact) mass is 319 g/mol. The highest BCUT2D eigenvalue weighted by molar-refractivity contribution is 6.04. The van der Waals surface area contributed by atoms with Gasteiger partial charge in [0.1, 0.15) is 0 Å². The van der Waals surface area contributed by atoms with E-state index in [2.05, 4.69) is 4.98 Å². The molecule has 1 aliphatic rings. The Hall–Kier alpha value is -3.20. The van der Waals surface area contributed by atoms with Crippen LogP contribution in [0.3, 0.4) is 0 Å². The van der Waals surface area contributed by atoms with Crippen LogP contribution in [0.5, 0.6) is 0 Å². The second-order valence-corrected chi connectivity index (χ2v) is 4.77. The maximum atomic E-state index is 11.7. The Bertz CT molecular complexity index is 787. The standard InChI is InChI=1S/C13H11N3O3.CH2O3/c14-8-2-4-10-7(5-8)1-3-11(15-10)9-6-12(17)16(19)13(9)18;2-1(3)4/h1-5,9,19H,6,14H2;(H2,2,3,4). The molecule has 1 fully saturated rings. The maximum Gasteiger partial charge on any atom is 0.503 e. The van der Waals surface area contributed by atoms with Gasteiger partial charge in [0, 0.05) is 17.5 Å². The molecule has 2 heterocycles. The molecular formula is C14H13N3O6. The Labute approximate surface area is 129 Å². The third-order valence-electron chi connectivity index (χ3n) is 3.21. The molecule has 5 N–H and O–H groups in total. The Morgan fingerprint density at radius 2 is 1.87 bits per heavy atom. The summed E-state index contributed by atoms with van der Waals surface area (Å²) in [6.45, 7) is 0. The zero-order chi connectivity index (χ0) is 17.1. The van der Waals surface area contributed by atoms with E-state index in [0.29, 0.717) is 16.9 Å². The molecule has 9 nitrogen and oxygen atoms in total. The number of amides is 2. The molecule has 0 bridgehead atoms. The van der Waals surface area contributed by atoms with Crippen molar-refractivity contribution in [2.45, 2.75) is 12.3 Å². The van der Waals surface area contributed by atoms with Gasteiger partial charge in [0.25, 0.3) is 11.8 Å². The number of pyridine rings is 1. The number of aromatic nitrogens is 1. The summed E-state index contributed by atoms with van der Waals surface area (Å²) in [5.41, 5.74) is 7.49. The van der Waals surface area contributed by atoms with Crippen molar-refractivity contribution in [3.63, 3.8) is 0 Å². The molecule has 1 unspecified atom stereocenters. The zero-order valence-electron chi connectivity index (χ0n) is 11.7. The van der Waals surface area contributed by atoms with Crippen molar-refractivity contribution in [2.75, 3.05) is 5.73 Å². The number of hydrogen-bond acceptors (Lipinski definition) is 6. The van der Waals surface area contributed by atoms with Crippen LogP contribution in [0.1, 0.15) is 18.0 Å². The molecule has 1 aromatic carbocycles. The van der Waals surface area contributed by atoms with Gasteiger partial charge in [-0.15, -0.1) is 0 Å². The maximum absolute atomic E-state index is 11.7. The number of nitrogens with two attached hydrogens (primary N) is 1. The largest absolute Gasteiger partial charge is 0.503 e. The normalized spacial score (nSPS) is 17.1. The van der Waals surface area contributed by atoms with Crippen LogP contribution in [0.15, 0.2) is 30.3 Å². The summed E-state index contributed by atoms with van der Waals surface area (Å²) in [4.78, 5) is 35.9. The van der Waals surface area contributed by atoms with Crippen molar-refractivity contribution < 1.29 is 29.8 Å². The predicted octanol–water partition coefficient (Wildman–Crippen LogP) is 1.27. The van der Waals surface area contributed by atoms with E-state index in [-0.39, 0.29) is 11.5 Å². The van der Waals surface area contributed by atoms with Crippen LogP contribution < -0.4 is 5.73 Å². The number of benzene rings is 1. The highest BCUT2D eigenvalue weighted by atomic mass is 16.6. The van der Waals surface area contributed by atoms with Crippen LogP contribution in [0.2, 0.25) is 0 Å². The number of carbonyl (C=O) groups excluding carboxylic acids is 2. The number of hydroxylamine groups is 2. The average molecular weight is 319 g/mol. The van der Waals surface area contributed by atoms with Gasteiger partial charge in [-0.05, 0) is 24.3 Å². The van der Waals surface area contributed by atoms with Gasteiger partial charge in [-0.25, -0.2) is 4.79 Å². The third-order valence-corrected chi connectivity index (χ3v) is 3.21. The van der Waals surface area contributed by atoms with Crippen LogP contribution in [0.4, 0.5) is 10.5 Å². The lowest BCUT2D eigenvalue weighted by Gasteiger charge is -2.08. The summed E-state index contributed by atoms with van der Waals surface area (Å²) in [5.74, 6) is -1.94. The van der Waals surface area contributed by atoms with E-state index in [1.807, 2.05) is 0 Å². The molecule has 9 heteroatoms. The first-order valence-electron chi connectivity index (χ1n) is 6.43. The fourth-order valence-corrected chi connectivity index (χ4v) is 2.20. The number of fused-ring (bicyclic) bond motifs is 1. The molecule has 23 heavy (non-hydrogen) atoms. The minimum absolute atomic E-state index is 0.0528. The molecular weight excluding hydrogens is 306 g/mol. The van der Waals surface area contributed by atoms with Crippen molar-refractivity contribution in [2.24, 2.45) is 0 Å². The Morgan fingerprint density at radius 1 is 1.22 bits per heavy atom. The summed E-state index contributed by atoms with van der Waals surface area (Å²) in [5, 5.41) is 24.2. The van der Waals surface area contributed by atoms with E-state index in [9.17, 15) is 14.8 Å². The number of nitrogen functional groups attached to an aromatic ring is 1. The van der Waals surface area contributed by atoms with Crippen molar-refractivity contribution in [3.8, 4) is 0 Å². The van der Waals surface area contributed by atoms with Gasteiger partial charge in [-0.1, -0.05) is 6.07 Å². The number of hydrogen-bond donors (Lipinski definition) is 4. The lowest BCUT2D eigenvalue weighted by Crippen LogP contribution is -2.26. The number of anilines is 1. The van der Waals surface area contributed by atoms with Gasteiger partial charge >= 0.3 is 6.16 Å². The first-order valence-corrected chi connectivity index (χ1v) is 6.43. The third kappa shape index (κ3) is 3.52. The number of carbonyl (C=O) groups is 3. The molecule has 0 saturated carbocycles.